The van der Waals surface area contributed by atoms with Crippen LogP contribution in [0.25, 0.3) is 0 Å². The molecule has 1 unspecified atom stereocenters. The number of hydrogen-bond acceptors (Lipinski definition) is 2. The lowest BCUT2D eigenvalue weighted by Gasteiger charge is -2.27. The van der Waals surface area contributed by atoms with Crippen molar-refractivity contribution in [3.63, 3.8) is 0 Å². The van der Waals surface area contributed by atoms with Gasteiger partial charge in [-0.3, -0.25) is 0 Å². The highest BCUT2D eigenvalue weighted by Crippen LogP contribution is 2.32. The predicted molar refractivity (Wildman–Crippen MR) is 68.3 cm³/mol. The van der Waals surface area contributed by atoms with E-state index in [0.29, 0.717) is 11.4 Å². The van der Waals surface area contributed by atoms with Gasteiger partial charge in [-0.25, -0.2) is 0 Å². The number of benzene rings is 1. The van der Waals surface area contributed by atoms with Crippen molar-refractivity contribution in [1.82, 2.24) is 0 Å². The molecule has 1 atom stereocenters. The third-order valence-electron chi connectivity index (χ3n) is 3.02. The van der Waals surface area contributed by atoms with Crippen LogP contribution < -0.4 is 0 Å². The summed E-state index contributed by atoms with van der Waals surface area (Å²) in [7, 11) is 0. The largest absolute Gasteiger partial charge is 0.469 e. The second-order valence-corrected chi connectivity index (χ2v) is 4.86. The second kappa shape index (κ2) is 4.94. The number of hydrogen-bond donors (Lipinski definition) is 1. The molecule has 3 heteroatoms. The van der Waals surface area contributed by atoms with E-state index < -0.39 is 5.41 Å². The monoisotopic (exact) mass is 250 g/mol. The molecule has 0 saturated heterocycles. The van der Waals surface area contributed by atoms with Crippen molar-refractivity contribution >= 4 is 11.6 Å². The minimum atomic E-state index is -0.420. The maximum atomic E-state index is 9.66. The van der Waals surface area contributed by atoms with Gasteiger partial charge in [-0.2, -0.15) is 0 Å². The van der Waals surface area contributed by atoms with Crippen LogP contribution in [-0.4, -0.2) is 11.7 Å². The van der Waals surface area contributed by atoms with E-state index in [0.717, 1.165) is 11.3 Å². The van der Waals surface area contributed by atoms with Gasteiger partial charge in [0.05, 0.1) is 12.9 Å². The maximum Gasteiger partial charge on any atom is 0.104 e. The third kappa shape index (κ3) is 2.54. The van der Waals surface area contributed by atoms with E-state index >= 15 is 0 Å². The molecule has 0 bridgehead atoms. The molecule has 2 aromatic rings. The van der Waals surface area contributed by atoms with Gasteiger partial charge in [-0.05, 0) is 23.8 Å². The minimum Gasteiger partial charge on any atom is -0.469 e. The molecule has 0 saturated carbocycles. The Labute approximate surface area is 106 Å². The summed E-state index contributed by atoms with van der Waals surface area (Å²) in [4.78, 5) is 0. The zero-order chi connectivity index (χ0) is 12.3. The molecule has 0 fully saturated rings. The maximum absolute atomic E-state index is 9.66. The highest BCUT2D eigenvalue weighted by Gasteiger charge is 2.29. The van der Waals surface area contributed by atoms with Crippen LogP contribution in [0.15, 0.2) is 47.1 Å². The van der Waals surface area contributed by atoms with Gasteiger partial charge in [0.15, 0.2) is 0 Å². The SMILES string of the molecule is CC(CO)(Cc1ccco1)c1ccccc1Cl. The van der Waals surface area contributed by atoms with Crippen molar-refractivity contribution in [1.29, 1.82) is 0 Å². The van der Waals surface area contributed by atoms with Crippen molar-refractivity contribution < 1.29 is 9.52 Å². The Kier molecular flexibility index (Phi) is 3.55. The molecule has 0 amide bonds. The fourth-order valence-corrected chi connectivity index (χ4v) is 2.35. The van der Waals surface area contributed by atoms with Crippen molar-refractivity contribution in [3.05, 3.63) is 59.0 Å². The molecule has 2 nitrogen and oxygen atoms in total. The van der Waals surface area contributed by atoms with Gasteiger partial charge in [0.1, 0.15) is 5.76 Å². The van der Waals surface area contributed by atoms with Crippen LogP contribution in [0.3, 0.4) is 0 Å². The first kappa shape index (κ1) is 12.2. The molecule has 1 aromatic heterocycles. The summed E-state index contributed by atoms with van der Waals surface area (Å²) in [5.74, 6) is 0.849. The number of rotatable bonds is 4. The standard InChI is InChI=1S/C14H15ClO2/c1-14(10-16,9-11-5-4-8-17-11)12-6-2-3-7-13(12)15/h2-8,16H,9-10H2,1H3. The van der Waals surface area contributed by atoms with Gasteiger partial charge < -0.3 is 9.52 Å². The first-order valence-corrected chi connectivity index (χ1v) is 5.92. The van der Waals surface area contributed by atoms with E-state index in [1.54, 1.807) is 6.26 Å². The van der Waals surface area contributed by atoms with Gasteiger partial charge in [-0.1, -0.05) is 36.7 Å². The Balaban J connectivity index is 2.34. The van der Waals surface area contributed by atoms with E-state index in [2.05, 4.69) is 0 Å². The molecule has 0 aliphatic heterocycles. The fraction of sp³-hybridized carbons (Fsp3) is 0.286. The summed E-state index contributed by atoms with van der Waals surface area (Å²) in [5, 5.41) is 10.3. The molecule has 17 heavy (non-hydrogen) atoms. The zero-order valence-corrected chi connectivity index (χ0v) is 10.4. The first-order valence-electron chi connectivity index (χ1n) is 5.54. The molecule has 0 spiro atoms. The van der Waals surface area contributed by atoms with E-state index in [1.807, 2.05) is 43.3 Å². The van der Waals surface area contributed by atoms with Gasteiger partial charge in [0.25, 0.3) is 0 Å². The summed E-state index contributed by atoms with van der Waals surface area (Å²) >= 11 is 6.19. The molecule has 90 valence electrons. The summed E-state index contributed by atoms with van der Waals surface area (Å²) in [6.07, 6.45) is 2.26. The molecule has 1 aromatic carbocycles. The highest BCUT2D eigenvalue weighted by atomic mass is 35.5. The van der Waals surface area contributed by atoms with Crippen molar-refractivity contribution in [3.8, 4) is 0 Å². The fourth-order valence-electron chi connectivity index (χ4n) is 1.98. The van der Waals surface area contributed by atoms with Gasteiger partial charge in [-0.15, -0.1) is 0 Å². The van der Waals surface area contributed by atoms with Crippen molar-refractivity contribution in [2.24, 2.45) is 0 Å². The third-order valence-corrected chi connectivity index (χ3v) is 3.35. The Morgan fingerprint density at radius 1 is 1.24 bits per heavy atom. The van der Waals surface area contributed by atoms with Crippen LogP contribution in [0.5, 0.6) is 0 Å². The van der Waals surface area contributed by atoms with E-state index in [9.17, 15) is 5.11 Å². The molecule has 0 radical (unpaired) electrons. The Morgan fingerprint density at radius 3 is 2.59 bits per heavy atom. The van der Waals surface area contributed by atoms with E-state index in [-0.39, 0.29) is 6.61 Å². The van der Waals surface area contributed by atoms with Gasteiger partial charge in [0.2, 0.25) is 0 Å². The summed E-state index contributed by atoms with van der Waals surface area (Å²) in [6.45, 7) is 2.01. The lowest BCUT2D eigenvalue weighted by molar-refractivity contribution is 0.198. The Hall–Kier alpha value is -1.25. The zero-order valence-electron chi connectivity index (χ0n) is 9.69. The number of aliphatic hydroxyl groups is 1. The molecule has 1 heterocycles. The predicted octanol–water partition coefficient (Wildman–Crippen LogP) is 3.43. The van der Waals surface area contributed by atoms with Gasteiger partial charge >= 0.3 is 0 Å². The lowest BCUT2D eigenvalue weighted by Crippen LogP contribution is -2.29. The number of aliphatic hydroxyl groups excluding tert-OH is 1. The first-order chi connectivity index (χ1) is 8.15. The summed E-state index contributed by atoms with van der Waals surface area (Å²) in [6, 6.07) is 11.4. The quantitative estimate of drug-likeness (QED) is 0.902. The van der Waals surface area contributed by atoms with E-state index in [1.165, 1.54) is 0 Å². The smallest absolute Gasteiger partial charge is 0.104 e. The average molecular weight is 251 g/mol. The van der Waals surface area contributed by atoms with Crippen LogP contribution in [0, 0.1) is 0 Å². The van der Waals surface area contributed by atoms with E-state index in [4.69, 9.17) is 16.0 Å². The topological polar surface area (TPSA) is 33.4 Å². The summed E-state index contributed by atoms with van der Waals surface area (Å²) in [5.41, 5.74) is 0.525. The second-order valence-electron chi connectivity index (χ2n) is 4.45. The minimum absolute atomic E-state index is 0.0252. The molecule has 2 rings (SSSR count). The van der Waals surface area contributed by atoms with Crippen molar-refractivity contribution in [2.75, 3.05) is 6.61 Å². The van der Waals surface area contributed by atoms with Crippen LogP contribution in [0.4, 0.5) is 0 Å². The number of halogens is 1. The highest BCUT2D eigenvalue weighted by molar-refractivity contribution is 6.31. The Bertz CT molecular complexity index is 479. The van der Waals surface area contributed by atoms with Crippen LogP contribution in [0.1, 0.15) is 18.2 Å². The Morgan fingerprint density at radius 2 is 2.00 bits per heavy atom. The lowest BCUT2D eigenvalue weighted by atomic mass is 9.79. The number of furan rings is 1. The average Bonchev–Trinajstić information content (AvgIpc) is 2.82. The normalized spacial score (nSPS) is 14.5. The van der Waals surface area contributed by atoms with Crippen molar-refractivity contribution in [2.45, 2.75) is 18.8 Å². The molecular weight excluding hydrogens is 236 g/mol. The van der Waals surface area contributed by atoms with Crippen LogP contribution in [-0.2, 0) is 11.8 Å². The van der Waals surface area contributed by atoms with Crippen LogP contribution in [0.2, 0.25) is 5.02 Å². The molecule has 0 aliphatic carbocycles. The van der Waals surface area contributed by atoms with Crippen LogP contribution >= 0.6 is 11.6 Å². The summed E-state index contributed by atoms with van der Waals surface area (Å²) < 4.78 is 5.34. The molecular formula is C14H15ClO2. The molecule has 1 N–H and O–H groups in total. The van der Waals surface area contributed by atoms with Gasteiger partial charge in [0, 0.05) is 16.9 Å². The molecule has 0 aliphatic rings.